The van der Waals surface area contributed by atoms with Crippen molar-refractivity contribution in [2.24, 2.45) is 7.05 Å². The van der Waals surface area contributed by atoms with Gasteiger partial charge in [0.05, 0.1) is 0 Å². The zero-order valence-corrected chi connectivity index (χ0v) is 11.8. The minimum atomic E-state index is -0.0642. The highest BCUT2D eigenvalue weighted by atomic mass is 16.1. The summed E-state index contributed by atoms with van der Waals surface area (Å²) in [5.74, 6) is 0.298. The quantitative estimate of drug-likeness (QED) is 0.732. The van der Waals surface area contributed by atoms with Crippen molar-refractivity contribution in [2.75, 3.05) is 5.32 Å². The first-order chi connectivity index (χ1) is 9.17. The monoisotopic (exact) mass is 262 g/mol. The van der Waals surface area contributed by atoms with Crippen molar-refractivity contribution in [1.29, 1.82) is 5.26 Å². The zero-order chi connectivity index (χ0) is 14.1. The lowest BCUT2D eigenvalue weighted by Gasteiger charge is -2.02. The highest BCUT2D eigenvalue weighted by Gasteiger charge is 2.10. The van der Waals surface area contributed by atoms with E-state index in [2.05, 4.69) is 17.3 Å². The van der Waals surface area contributed by atoms with Crippen LogP contribution < -0.4 is 5.32 Å². The highest BCUT2D eigenvalue weighted by Crippen LogP contribution is 2.12. The van der Waals surface area contributed by atoms with E-state index >= 15 is 0 Å². The van der Waals surface area contributed by atoms with E-state index in [1.165, 1.54) is 30.4 Å². The van der Waals surface area contributed by atoms with E-state index in [4.69, 9.17) is 5.26 Å². The number of hydrogen-bond donors (Lipinski definition) is 1. The van der Waals surface area contributed by atoms with Crippen LogP contribution in [0.2, 0.25) is 0 Å². The Kier molecular flexibility index (Phi) is 6.65. The molecule has 1 aromatic rings. The van der Waals surface area contributed by atoms with Crippen LogP contribution in [0.1, 0.15) is 57.4 Å². The van der Waals surface area contributed by atoms with Crippen LogP contribution in [0, 0.1) is 11.3 Å². The summed E-state index contributed by atoms with van der Waals surface area (Å²) in [4.78, 5) is 11.7. The second-order valence-corrected chi connectivity index (χ2v) is 4.74. The fourth-order valence-electron chi connectivity index (χ4n) is 1.92. The minimum Gasteiger partial charge on any atom is -0.308 e. The number of aromatic nitrogens is 2. The Bertz CT molecular complexity index is 445. The number of unbranched alkanes of at least 4 members (excludes halogenated alkanes) is 5. The third-order valence-corrected chi connectivity index (χ3v) is 2.96. The number of nitriles is 1. The van der Waals surface area contributed by atoms with Gasteiger partial charge in [-0.1, -0.05) is 39.0 Å². The summed E-state index contributed by atoms with van der Waals surface area (Å²) in [6.45, 7) is 2.19. The zero-order valence-electron chi connectivity index (χ0n) is 11.8. The van der Waals surface area contributed by atoms with Gasteiger partial charge in [-0.2, -0.15) is 10.4 Å². The van der Waals surface area contributed by atoms with E-state index in [9.17, 15) is 4.79 Å². The van der Waals surface area contributed by atoms with Gasteiger partial charge in [0.25, 0.3) is 0 Å². The topological polar surface area (TPSA) is 70.7 Å². The fourth-order valence-corrected chi connectivity index (χ4v) is 1.92. The van der Waals surface area contributed by atoms with Gasteiger partial charge in [0.2, 0.25) is 5.91 Å². The standard InChI is InChI=1S/C14H22N4O/c1-3-4-5-6-7-8-9-13(19)16-14-12(10-15)11-18(2)17-14/h11H,3-9H2,1-2H3,(H,16,17,19). The summed E-state index contributed by atoms with van der Waals surface area (Å²) in [5.41, 5.74) is 0.402. The van der Waals surface area contributed by atoms with Crippen LogP contribution in [0.5, 0.6) is 0 Å². The lowest BCUT2D eigenvalue weighted by atomic mass is 10.1. The molecule has 0 aliphatic carbocycles. The van der Waals surface area contributed by atoms with E-state index in [1.807, 2.05) is 6.07 Å². The second-order valence-electron chi connectivity index (χ2n) is 4.74. The summed E-state index contributed by atoms with van der Waals surface area (Å²) < 4.78 is 1.53. The Hall–Kier alpha value is -1.83. The van der Waals surface area contributed by atoms with Crippen molar-refractivity contribution in [3.8, 4) is 6.07 Å². The van der Waals surface area contributed by atoms with Crippen LogP contribution in [-0.2, 0) is 11.8 Å². The first-order valence-electron chi connectivity index (χ1n) is 6.91. The number of aryl methyl sites for hydroxylation is 1. The third-order valence-electron chi connectivity index (χ3n) is 2.96. The molecule has 1 aromatic heterocycles. The number of nitrogens with zero attached hydrogens (tertiary/aromatic N) is 3. The molecular weight excluding hydrogens is 240 g/mol. The van der Waals surface area contributed by atoms with Crippen LogP contribution in [-0.4, -0.2) is 15.7 Å². The number of rotatable bonds is 8. The van der Waals surface area contributed by atoms with Gasteiger partial charge in [0, 0.05) is 19.7 Å². The summed E-state index contributed by atoms with van der Waals surface area (Å²) in [6, 6.07) is 2.01. The second kappa shape index (κ2) is 8.30. The lowest BCUT2D eigenvalue weighted by molar-refractivity contribution is -0.116. The summed E-state index contributed by atoms with van der Waals surface area (Å²) >= 11 is 0. The molecule has 1 rings (SSSR count). The van der Waals surface area contributed by atoms with Crippen LogP contribution in [0.25, 0.3) is 0 Å². The number of anilines is 1. The Morgan fingerprint density at radius 2 is 2.05 bits per heavy atom. The highest BCUT2D eigenvalue weighted by molar-refractivity contribution is 5.90. The first-order valence-corrected chi connectivity index (χ1v) is 6.91. The first kappa shape index (κ1) is 15.2. The Balaban J connectivity index is 2.26. The molecule has 0 saturated heterocycles. The van der Waals surface area contributed by atoms with Gasteiger partial charge >= 0.3 is 0 Å². The predicted molar refractivity (Wildman–Crippen MR) is 74.5 cm³/mol. The number of carbonyl (C=O) groups is 1. The van der Waals surface area contributed by atoms with Crippen LogP contribution in [0.4, 0.5) is 5.82 Å². The molecule has 0 aliphatic rings. The van der Waals surface area contributed by atoms with Gasteiger partial charge in [0.15, 0.2) is 5.82 Å². The molecule has 0 radical (unpaired) electrons. The van der Waals surface area contributed by atoms with Crippen molar-refractivity contribution < 1.29 is 4.79 Å². The van der Waals surface area contributed by atoms with Gasteiger partial charge in [-0.25, -0.2) is 0 Å². The molecule has 0 spiro atoms. The normalized spacial score (nSPS) is 10.2. The van der Waals surface area contributed by atoms with E-state index < -0.39 is 0 Å². The third kappa shape index (κ3) is 5.56. The van der Waals surface area contributed by atoms with Crippen molar-refractivity contribution in [3.63, 3.8) is 0 Å². The molecule has 5 heteroatoms. The van der Waals surface area contributed by atoms with Gasteiger partial charge in [0.1, 0.15) is 11.6 Å². The summed E-state index contributed by atoms with van der Waals surface area (Å²) in [5, 5.41) is 15.6. The fraction of sp³-hybridized carbons (Fsp3) is 0.643. The largest absolute Gasteiger partial charge is 0.308 e. The Morgan fingerprint density at radius 3 is 2.74 bits per heavy atom. The molecule has 19 heavy (non-hydrogen) atoms. The Labute approximate surface area is 114 Å². The van der Waals surface area contributed by atoms with Gasteiger partial charge < -0.3 is 5.32 Å². The van der Waals surface area contributed by atoms with Gasteiger partial charge in [-0.15, -0.1) is 0 Å². The molecule has 0 saturated carbocycles. The number of carbonyl (C=O) groups excluding carboxylic acids is 1. The average molecular weight is 262 g/mol. The maximum absolute atomic E-state index is 11.7. The van der Waals surface area contributed by atoms with E-state index in [1.54, 1.807) is 13.2 Å². The van der Waals surface area contributed by atoms with Gasteiger partial charge in [-0.3, -0.25) is 9.48 Å². The molecule has 0 aliphatic heterocycles. The average Bonchev–Trinajstić information content (AvgIpc) is 2.73. The molecule has 0 unspecified atom stereocenters. The van der Waals surface area contributed by atoms with Gasteiger partial charge in [-0.05, 0) is 6.42 Å². The molecule has 0 fully saturated rings. The van der Waals surface area contributed by atoms with Crippen LogP contribution in [0.15, 0.2) is 6.20 Å². The van der Waals surface area contributed by atoms with Crippen molar-refractivity contribution in [1.82, 2.24) is 9.78 Å². The Morgan fingerprint density at radius 1 is 1.37 bits per heavy atom. The van der Waals surface area contributed by atoms with E-state index in [0.717, 1.165) is 12.8 Å². The maximum Gasteiger partial charge on any atom is 0.225 e. The summed E-state index contributed by atoms with van der Waals surface area (Å²) in [7, 11) is 1.73. The van der Waals surface area contributed by atoms with Crippen LogP contribution in [0.3, 0.4) is 0 Å². The van der Waals surface area contributed by atoms with E-state index in [0.29, 0.717) is 17.8 Å². The van der Waals surface area contributed by atoms with Crippen LogP contribution >= 0.6 is 0 Å². The van der Waals surface area contributed by atoms with Crippen molar-refractivity contribution in [3.05, 3.63) is 11.8 Å². The van der Waals surface area contributed by atoms with Crippen molar-refractivity contribution >= 4 is 11.7 Å². The SMILES string of the molecule is CCCCCCCCC(=O)Nc1nn(C)cc1C#N. The predicted octanol–water partition coefficient (Wildman–Crippen LogP) is 2.98. The van der Waals surface area contributed by atoms with E-state index in [-0.39, 0.29) is 5.91 Å². The summed E-state index contributed by atoms with van der Waals surface area (Å²) in [6.07, 6.45) is 9.01. The molecular formula is C14H22N4O. The molecule has 0 bridgehead atoms. The minimum absolute atomic E-state index is 0.0642. The lowest BCUT2D eigenvalue weighted by Crippen LogP contribution is -2.12. The number of nitrogens with one attached hydrogen (secondary N) is 1. The number of amides is 1. The molecule has 5 nitrogen and oxygen atoms in total. The number of hydrogen-bond acceptors (Lipinski definition) is 3. The molecule has 0 aromatic carbocycles. The molecule has 1 N–H and O–H groups in total. The molecule has 0 atom stereocenters. The van der Waals surface area contributed by atoms with Crippen molar-refractivity contribution in [2.45, 2.75) is 51.9 Å². The smallest absolute Gasteiger partial charge is 0.225 e. The molecule has 1 amide bonds. The maximum atomic E-state index is 11.7. The molecule has 1 heterocycles. The molecule has 104 valence electrons.